The molecule has 5 nitrogen and oxygen atoms in total. The van der Waals surface area contributed by atoms with Gasteiger partial charge in [0.1, 0.15) is 5.75 Å². The van der Waals surface area contributed by atoms with Gasteiger partial charge in [0, 0.05) is 5.39 Å². The van der Waals surface area contributed by atoms with Crippen molar-refractivity contribution < 1.29 is 9.90 Å². The number of hydrogen-bond acceptors (Lipinski definition) is 3. The molecule has 0 saturated carbocycles. The van der Waals surface area contributed by atoms with Crippen molar-refractivity contribution in [2.24, 2.45) is 0 Å². The molecule has 1 heterocycles. The van der Waals surface area contributed by atoms with Crippen LogP contribution < -0.4 is 5.32 Å². The number of rotatable bonds is 2. The van der Waals surface area contributed by atoms with Gasteiger partial charge in [-0.05, 0) is 31.2 Å². The highest BCUT2D eigenvalue weighted by Gasteiger charge is 2.14. The number of carbonyl (C=O) groups excluding carboxylic acids is 1. The fourth-order valence-electron chi connectivity index (χ4n) is 2.07. The van der Waals surface area contributed by atoms with Crippen LogP contribution in [0.25, 0.3) is 10.9 Å². The van der Waals surface area contributed by atoms with Crippen molar-refractivity contribution in [1.82, 2.24) is 10.2 Å². The topological polar surface area (TPSA) is 78.0 Å². The second-order valence-electron chi connectivity index (χ2n) is 4.59. The molecular formula is C15H13N3O2. The molecule has 3 rings (SSSR count). The number of nitrogens with one attached hydrogen (secondary N) is 2. The number of aromatic hydroxyl groups is 1. The predicted molar refractivity (Wildman–Crippen MR) is 76.9 cm³/mol. The van der Waals surface area contributed by atoms with Gasteiger partial charge in [-0.3, -0.25) is 9.89 Å². The minimum Gasteiger partial charge on any atom is -0.507 e. The van der Waals surface area contributed by atoms with E-state index in [0.29, 0.717) is 5.82 Å². The number of anilines is 1. The van der Waals surface area contributed by atoms with Crippen LogP contribution in [0.5, 0.6) is 5.75 Å². The van der Waals surface area contributed by atoms with E-state index in [1.54, 1.807) is 12.1 Å². The number of aromatic amines is 1. The molecule has 0 aliphatic carbocycles. The van der Waals surface area contributed by atoms with Gasteiger partial charge in [0.2, 0.25) is 0 Å². The normalized spacial score (nSPS) is 10.7. The quantitative estimate of drug-likeness (QED) is 0.668. The van der Waals surface area contributed by atoms with Gasteiger partial charge in [-0.15, -0.1) is 0 Å². The number of phenols is 1. The molecule has 0 spiro atoms. The Hall–Kier alpha value is -2.82. The van der Waals surface area contributed by atoms with Crippen molar-refractivity contribution in [1.29, 1.82) is 0 Å². The number of aromatic nitrogens is 2. The first-order chi connectivity index (χ1) is 9.65. The molecule has 2 aromatic carbocycles. The highest BCUT2D eigenvalue weighted by atomic mass is 16.3. The summed E-state index contributed by atoms with van der Waals surface area (Å²) < 4.78 is 0. The Kier molecular flexibility index (Phi) is 2.87. The van der Waals surface area contributed by atoms with Crippen LogP contribution in [0.3, 0.4) is 0 Å². The molecule has 5 heteroatoms. The summed E-state index contributed by atoms with van der Waals surface area (Å²) in [5.41, 5.74) is 1.98. The molecule has 0 fully saturated rings. The summed E-state index contributed by atoms with van der Waals surface area (Å²) in [4.78, 5) is 12.2. The molecule has 1 amide bonds. The van der Waals surface area contributed by atoms with Crippen LogP contribution in [0.4, 0.5) is 5.82 Å². The van der Waals surface area contributed by atoms with E-state index in [1.165, 1.54) is 6.07 Å². The van der Waals surface area contributed by atoms with E-state index in [1.807, 2.05) is 31.2 Å². The maximum absolute atomic E-state index is 12.2. The smallest absolute Gasteiger partial charge is 0.260 e. The van der Waals surface area contributed by atoms with Crippen LogP contribution in [0.1, 0.15) is 15.9 Å². The lowest BCUT2D eigenvalue weighted by atomic mass is 10.1. The fourth-order valence-corrected chi connectivity index (χ4v) is 2.07. The third-order valence-electron chi connectivity index (χ3n) is 3.10. The van der Waals surface area contributed by atoms with E-state index in [0.717, 1.165) is 16.5 Å². The summed E-state index contributed by atoms with van der Waals surface area (Å²) in [7, 11) is 0. The van der Waals surface area contributed by atoms with Gasteiger partial charge in [-0.1, -0.05) is 23.8 Å². The molecule has 0 unspecified atom stereocenters. The number of benzene rings is 2. The minimum absolute atomic E-state index is 0.0482. The van der Waals surface area contributed by atoms with E-state index in [2.05, 4.69) is 15.5 Å². The summed E-state index contributed by atoms with van der Waals surface area (Å²) in [6.45, 7) is 1.86. The highest BCUT2D eigenvalue weighted by molar-refractivity contribution is 6.09. The van der Waals surface area contributed by atoms with Gasteiger partial charge >= 0.3 is 0 Å². The van der Waals surface area contributed by atoms with Crippen LogP contribution >= 0.6 is 0 Å². The van der Waals surface area contributed by atoms with Gasteiger partial charge in [0.25, 0.3) is 5.91 Å². The second kappa shape index (κ2) is 4.70. The monoisotopic (exact) mass is 267 g/mol. The van der Waals surface area contributed by atoms with Crippen LogP contribution in [0.2, 0.25) is 0 Å². The average molecular weight is 267 g/mol. The second-order valence-corrected chi connectivity index (χ2v) is 4.59. The third kappa shape index (κ3) is 2.09. The number of hydrogen-bond donors (Lipinski definition) is 3. The summed E-state index contributed by atoms with van der Waals surface area (Å²) in [6.07, 6.45) is 0. The Morgan fingerprint density at radius 2 is 2.05 bits per heavy atom. The van der Waals surface area contributed by atoms with Crippen LogP contribution in [-0.4, -0.2) is 21.2 Å². The number of carbonyl (C=O) groups is 1. The van der Waals surface area contributed by atoms with Crippen molar-refractivity contribution in [2.75, 3.05) is 5.32 Å². The number of phenolic OH excluding ortho intramolecular Hbond substituents is 1. The Morgan fingerprint density at radius 3 is 2.90 bits per heavy atom. The van der Waals surface area contributed by atoms with Gasteiger partial charge in [-0.25, -0.2) is 0 Å². The third-order valence-corrected chi connectivity index (χ3v) is 3.10. The Bertz CT molecular complexity index is 793. The first-order valence-electron chi connectivity index (χ1n) is 6.19. The molecule has 0 aliphatic rings. The average Bonchev–Trinajstić information content (AvgIpc) is 2.85. The number of amides is 1. The lowest BCUT2D eigenvalue weighted by molar-refractivity contribution is 0.102. The van der Waals surface area contributed by atoms with E-state index in [4.69, 9.17) is 0 Å². The maximum Gasteiger partial charge on any atom is 0.260 e. The lowest BCUT2D eigenvalue weighted by Crippen LogP contribution is -2.12. The molecular weight excluding hydrogens is 254 g/mol. The van der Waals surface area contributed by atoms with E-state index in [-0.39, 0.29) is 17.2 Å². The van der Waals surface area contributed by atoms with Gasteiger partial charge in [-0.2, -0.15) is 5.10 Å². The molecule has 0 radical (unpaired) electrons. The van der Waals surface area contributed by atoms with E-state index < -0.39 is 0 Å². The summed E-state index contributed by atoms with van der Waals surface area (Å²) in [5.74, 6) is 0.0166. The SMILES string of the molecule is Cc1ccc(O)c(C(=O)Nc2n[nH]c3ccccc23)c1. The summed E-state index contributed by atoms with van der Waals surface area (Å²) >= 11 is 0. The number of aryl methyl sites for hydroxylation is 1. The Balaban J connectivity index is 1.94. The molecule has 3 N–H and O–H groups in total. The Labute approximate surface area is 115 Å². The minimum atomic E-state index is -0.386. The van der Waals surface area contributed by atoms with Crippen molar-refractivity contribution in [3.8, 4) is 5.75 Å². The molecule has 20 heavy (non-hydrogen) atoms. The first kappa shape index (κ1) is 12.2. The standard InChI is InChI=1S/C15H13N3O2/c1-9-6-7-13(19)11(8-9)15(20)16-14-10-4-2-3-5-12(10)17-18-14/h2-8,19H,1H3,(H2,16,17,18,20). The first-order valence-corrected chi connectivity index (χ1v) is 6.19. The number of nitrogens with zero attached hydrogens (tertiary/aromatic N) is 1. The van der Waals surface area contributed by atoms with Crippen LogP contribution in [0.15, 0.2) is 42.5 Å². The zero-order valence-electron chi connectivity index (χ0n) is 10.8. The number of H-pyrrole nitrogens is 1. The molecule has 0 saturated heterocycles. The predicted octanol–water partition coefficient (Wildman–Crippen LogP) is 2.83. The lowest BCUT2D eigenvalue weighted by Gasteiger charge is -2.06. The molecule has 1 aromatic heterocycles. The summed E-state index contributed by atoms with van der Waals surface area (Å²) in [6, 6.07) is 12.4. The number of para-hydroxylation sites is 1. The van der Waals surface area contributed by atoms with Gasteiger partial charge < -0.3 is 10.4 Å². The largest absolute Gasteiger partial charge is 0.507 e. The van der Waals surface area contributed by atoms with Crippen molar-refractivity contribution in [3.63, 3.8) is 0 Å². The molecule has 0 atom stereocenters. The Morgan fingerprint density at radius 1 is 1.25 bits per heavy atom. The van der Waals surface area contributed by atoms with E-state index in [9.17, 15) is 9.90 Å². The zero-order valence-corrected chi connectivity index (χ0v) is 10.8. The van der Waals surface area contributed by atoms with Crippen molar-refractivity contribution in [2.45, 2.75) is 6.92 Å². The zero-order chi connectivity index (χ0) is 14.1. The highest BCUT2D eigenvalue weighted by Crippen LogP contribution is 2.23. The van der Waals surface area contributed by atoms with Crippen molar-refractivity contribution in [3.05, 3.63) is 53.6 Å². The summed E-state index contributed by atoms with van der Waals surface area (Å²) in [5, 5.41) is 20.2. The van der Waals surface area contributed by atoms with E-state index >= 15 is 0 Å². The molecule has 0 aliphatic heterocycles. The molecule has 0 bridgehead atoms. The van der Waals surface area contributed by atoms with Crippen LogP contribution in [-0.2, 0) is 0 Å². The van der Waals surface area contributed by atoms with Gasteiger partial charge in [0.05, 0.1) is 11.1 Å². The number of fused-ring (bicyclic) bond motifs is 1. The van der Waals surface area contributed by atoms with Gasteiger partial charge in [0.15, 0.2) is 5.82 Å². The molecule has 100 valence electrons. The van der Waals surface area contributed by atoms with Crippen molar-refractivity contribution >= 4 is 22.6 Å². The van der Waals surface area contributed by atoms with Crippen LogP contribution in [0, 0.1) is 6.92 Å². The maximum atomic E-state index is 12.2. The molecule has 3 aromatic rings. The fraction of sp³-hybridized carbons (Fsp3) is 0.0667.